The Morgan fingerprint density at radius 3 is 2.90 bits per heavy atom. The summed E-state index contributed by atoms with van der Waals surface area (Å²) in [6.07, 6.45) is -0.509. The molecule has 0 saturated carbocycles. The van der Waals surface area contributed by atoms with Gasteiger partial charge in [0.2, 0.25) is 0 Å². The summed E-state index contributed by atoms with van der Waals surface area (Å²) >= 11 is 0. The second-order valence-electron chi connectivity index (χ2n) is 5.24. The normalized spacial score (nSPS) is 19.1. The maximum absolute atomic E-state index is 11.9. The van der Waals surface area contributed by atoms with Gasteiger partial charge in [0, 0.05) is 26.2 Å². The van der Waals surface area contributed by atoms with E-state index in [0.717, 1.165) is 0 Å². The summed E-state index contributed by atoms with van der Waals surface area (Å²) in [6.45, 7) is 6.90. The molecule has 0 bridgehead atoms. The summed E-state index contributed by atoms with van der Waals surface area (Å²) in [4.78, 5) is 24.1. The van der Waals surface area contributed by atoms with Crippen molar-refractivity contribution in [1.82, 2.24) is 10.2 Å². The minimum absolute atomic E-state index is 0.0821. The van der Waals surface area contributed by atoms with Crippen LogP contribution in [-0.2, 0) is 14.3 Å². The molecule has 0 aliphatic carbocycles. The number of hydrogen-bond acceptors (Lipinski definition) is 4. The molecule has 0 aromatic carbocycles. The molecule has 0 aromatic heterocycles. The number of carbonyl (C=O) groups is 2. The van der Waals surface area contributed by atoms with E-state index in [1.165, 1.54) is 0 Å². The third-order valence-corrected chi connectivity index (χ3v) is 2.80. The Hall–Kier alpha value is -1.34. The molecule has 1 atom stereocenters. The van der Waals surface area contributed by atoms with E-state index in [1.54, 1.807) is 4.90 Å². The third kappa shape index (κ3) is 6.72. The molecule has 0 aromatic rings. The first kappa shape index (κ1) is 16.7. The van der Waals surface area contributed by atoms with E-state index in [9.17, 15) is 9.59 Å². The van der Waals surface area contributed by atoms with Gasteiger partial charge in [0.1, 0.15) is 0 Å². The fraction of sp³-hybridized carbons (Fsp3) is 0.846. The minimum atomic E-state index is -0.917. The summed E-state index contributed by atoms with van der Waals surface area (Å²) in [6, 6.07) is -0.197. The van der Waals surface area contributed by atoms with Crippen LogP contribution in [0.4, 0.5) is 4.79 Å². The molecular formula is C13H24N2O5. The Bertz CT molecular complexity index is 322. The molecule has 20 heavy (non-hydrogen) atoms. The lowest BCUT2D eigenvalue weighted by atomic mass is 10.2. The molecule has 1 rings (SSSR count). The fourth-order valence-corrected chi connectivity index (χ4v) is 1.88. The van der Waals surface area contributed by atoms with E-state index in [1.807, 2.05) is 0 Å². The number of aliphatic carboxylic acids is 1. The first-order chi connectivity index (χ1) is 9.49. The van der Waals surface area contributed by atoms with Crippen molar-refractivity contribution in [2.45, 2.75) is 26.4 Å². The maximum Gasteiger partial charge on any atom is 0.317 e. The number of nitrogens with one attached hydrogen (secondary N) is 1. The number of hydrogen-bond donors (Lipinski definition) is 2. The van der Waals surface area contributed by atoms with Crippen LogP contribution in [0.5, 0.6) is 0 Å². The largest absolute Gasteiger partial charge is 0.481 e. The zero-order valence-corrected chi connectivity index (χ0v) is 12.1. The van der Waals surface area contributed by atoms with Crippen LogP contribution < -0.4 is 5.32 Å². The van der Waals surface area contributed by atoms with Gasteiger partial charge in [0.05, 0.1) is 25.7 Å². The Labute approximate surface area is 119 Å². The minimum Gasteiger partial charge on any atom is -0.481 e. The lowest BCUT2D eigenvalue weighted by Gasteiger charge is -2.32. The summed E-state index contributed by atoms with van der Waals surface area (Å²) in [5, 5.41) is 11.5. The van der Waals surface area contributed by atoms with Crippen molar-refractivity contribution in [3.05, 3.63) is 0 Å². The van der Waals surface area contributed by atoms with Crippen molar-refractivity contribution in [1.29, 1.82) is 0 Å². The zero-order valence-electron chi connectivity index (χ0n) is 12.1. The molecule has 1 aliphatic heterocycles. The van der Waals surface area contributed by atoms with E-state index in [2.05, 4.69) is 19.2 Å². The number of carboxylic acid groups (broad SMARTS) is 1. The van der Waals surface area contributed by atoms with Crippen molar-refractivity contribution in [2.24, 2.45) is 5.92 Å². The van der Waals surface area contributed by atoms with Gasteiger partial charge in [0.15, 0.2) is 0 Å². The van der Waals surface area contributed by atoms with Crippen LogP contribution in [0.3, 0.4) is 0 Å². The predicted octanol–water partition coefficient (Wildman–Crippen LogP) is 0.544. The highest BCUT2D eigenvalue weighted by Crippen LogP contribution is 2.08. The van der Waals surface area contributed by atoms with Crippen LogP contribution in [0.25, 0.3) is 0 Å². The van der Waals surface area contributed by atoms with Gasteiger partial charge in [0.25, 0.3) is 0 Å². The lowest BCUT2D eigenvalue weighted by Crippen LogP contribution is -2.50. The molecule has 1 heterocycles. The number of carboxylic acids is 1. The van der Waals surface area contributed by atoms with Crippen LogP contribution in [0.1, 0.15) is 20.3 Å². The molecule has 7 nitrogen and oxygen atoms in total. The van der Waals surface area contributed by atoms with Gasteiger partial charge in [-0.1, -0.05) is 13.8 Å². The Balaban J connectivity index is 2.20. The molecule has 0 radical (unpaired) electrons. The third-order valence-electron chi connectivity index (χ3n) is 2.80. The zero-order chi connectivity index (χ0) is 15.0. The average Bonchev–Trinajstić information content (AvgIpc) is 2.37. The van der Waals surface area contributed by atoms with Gasteiger partial charge in [-0.3, -0.25) is 4.79 Å². The van der Waals surface area contributed by atoms with Gasteiger partial charge in [-0.15, -0.1) is 0 Å². The SMILES string of the molecule is CC(C)COCCNC(=O)N1CCOC(CC(=O)O)C1. The van der Waals surface area contributed by atoms with E-state index in [0.29, 0.717) is 45.4 Å². The Morgan fingerprint density at radius 1 is 1.50 bits per heavy atom. The highest BCUT2D eigenvalue weighted by Gasteiger charge is 2.25. The first-order valence-corrected chi connectivity index (χ1v) is 6.93. The average molecular weight is 288 g/mol. The Kier molecular flexibility index (Phi) is 7.32. The predicted molar refractivity (Wildman–Crippen MR) is 72.6 cm³/mol. The highest BCUT2D eigenvalue weighted by molar-refractivity contribution is 5.74. The summed E-state index contributed by atoms with van der Waals surface area (Å²) in [7, 11) is 0. The van der Waals surface area contributed by atoms with E-state index >= 15 is 0 Å². The quantitative estimate of drug-likeness (QED) is 0.668. The van der Waals surface area contributed by atoms with Gasteiger partial charge in [-0.2, -0.15) is 0 Å². The van der Waals surface area contributed by atoms with Crippen molar-refractivity contribution < 1.29 is 24.2 Å². The number of nitrogens with zero attached hydrogens (tertiary/aromatic N) is 1. The molecule has 2 amide bonds. The van der Waals surface area contributed by atoms with Crippen LogP contribution >= 0.6 is 0 Å². The van der Waals surface area contributed by atoms with Crippen LogP contribution in [-0.4, -0.2) is 67.6 Å². The number of ether oxygens (including phenoxy) is 2. The number of urea groups is 1. The lowest BCUT2D eigenvalue weighted by molar-refractivity contribution is -0.141. The number of morpholine rings is 1. The highest BCUT2D eigenvalue weighted by atomic mass is 16.5. The molecular weight excluding hydrogens is 264 g/mol. The van der Waals surface area contributed by atoms with E-state index in [-0.39, 0.29) is 12.5 Å². The molecule has 1 unspecified atom stereocenters. The van der Waals surface area contributed by atoms with Crippen LogP contribution in [0.2, 0.25) is 0 Å². The van der Waals surface area contributed by atoms with Crippen molar-refractivity contribution in [3.8, 4) is 0 Å². The summed E-state index contributed by atoms with van der Waals surface area (Å²) < 4.78 is 10.7. The molecule has 1 saturated heterocycles. The summed E-state index contributed by atoms with van der Waals surface area (Å²) in [5.74, 6) is -0.443. The van der Waals surface area contributed by atoms with E-state index < -0.39 is 12.1 Å². The first-order valence-electron chi connectivity index (χ1n) is 6.93. The smallest absolute Gasteiger partial charge is 0.317 e. The number of rotatable bonds is 7. The van der Waals surface area contributed by atoms with Crippen molar-refractivity contribution in [3.63, 3.8) is 0 Å². The fourth-order valence-electron chi connectivity index (χ4n) is 1.88. The standard InChI is InChI=1S/C13H24N2O5/c1-10(2)9-19-5-3-14-13(18)15-4-6-20-11(8-15)7-12(16)17/h10-11H,3-9H2,1-2H3,(H,14,18)(H,16,17). The van der Waals surface area contributed by atoms with Gasteiger partial charge in [-0.25, -0.2) is 4.79 Å². The summed E-state index contributed by atoms with van der Waals surface area (Å²) in [5.41, 5.74) is 0. The molecule has 7 heteroatoms. The van der Waals surface area contributed by atoms with Crippen LogP contribution in [0, 0.1) is 5.92 Å². The second kappa shape index (κ2) is 8.76. The molecule has 0 spiro atoms. The molecule has 1 fully saturated rings. The van der Waals surface area contributed by atoms with Crippen LogP contribution in [0.15, 0.2) is 0 Å². The molecule has 1 aliphatic rings. The topological polar surface area (TPSA) is 88.1 Å². The van der Waals surface area contributed by atoms with Gasteiger partial charge < -0.3 is 24.8 Å². The Morgan fingerprint density at radius 2 is 2.25 bits per heavy atom. The number of amides is 2. The van der Waals surface area contributed by atoms with Gasteiger partial charge in [-0.05, 0) is 5.92 Å². The molecule has 2 N–H and O–H groups in total. The maximum atomic E-state index is 11.9. The van der Waals surface area contributed by atoms with Crippen molar-refractivity contribution >= 4 is 12.0 Å². The second-order valence-corrected chi connectivity index (χ2v) is 5.24. The van der Waals surface area contributed by atoms with Gasteiger partial charge >= 0.3 is 12.0 Å². The van der Waals surface area contributed by atoms with E-state index in [4.69, 9.17) is 14.6 Å². The molecule has 116 valence electrons. The number of carbonyl (C=O) groups excluding carboxylic acids is 1. The monoisotopic (exact) mass is 288 g/mol. The van der Waals surface area contributed by atoms with Crippen molar-refractivity contribution in [2.75, 3.05) is 39.5 Å².